The maximum atomic E-state index is 12.4. The molecule has 0 aliphatic carbocycles. The van der Waals surface area contributed by atoms with Gasteiger partial charge in [-0.05, 0) is 68.7 Å². The number of rotatable bonds is 5. The molecule has 0 saturated carbocycles. The first kappa shape index (κ1) is 17.7. The van der Waals surface area contributed by atoms with Crippen LogP contribution in [0.2, 0.25) is 0 Å². The van der Waals surface area contributed by atoms with Crippen molar-refractivity contribution in [2.24, 2.45) is 5.92 Å². The predicted molar refractivity (Wildman–Crippen MR) is 108 cm³/mol. The second-order valence-electron chi connectivity index (χ2n) is 7.53. The number of benzene rings is 2. The van der Waals surface area contributed by atoms with Crippen molar-refractivity contribution in [1.82, 2.24) is 20.2 Å². The number of nitrogens with zero attached hydrogens (tertiary/aromatic N) is 2. The van der Waals surface area contributed by atoms with Crippen LogP contribution in [0.15, 0.2) is 48.5 Å². The second kappa shape index (κ2) is 7.92. The first-order valence-electron chi connectivity index (χ1n) is 9.67. The minimum atomic E-state index is 0.0178. The van der Waals surface area contributed by atoms with E-state index in [1.807, 2.05) is 48.5 Å². The molecule has 1 amide bonds. The fourth-order valence-corrected chi connectivity index (χ4v) is 3.66. The lowest BCUT2D eigenvalue weighted by Gasteiger charge is -2.28. The van der Waals surface area contributed by atoms with Gasteiger partial charge in [0.15, 0.2) is 0 Å². The number of H-pyrrole nitrogens is 1. The lowest BCUT2D eigenvalue weighted by Crippen LogP contribution is -2.36. The van der Waals surface area contributed by atoms with E-state index >= 15 is 0 Å². The zero-order valence-electron chi connectivity index (χ0n) is 15.7. The standard InChI is InChI=1S/C22H26N4O/c1-26-12-10-17(11-13-26)15-23-22(27)18-8-6-16(7-9-18)14-21-24-19-4-2-3-5-20(19)25-21/h2-9,17H,10-15H2,1H3,(H,23,27)(H,24,25). The zero-order chi connectivity index (χ0) is 18.6. The molecule has 5 heteroatoms. The Balaban J connectivity index is 1.33. The summed E-state index contributed by atoms with van der Waals surface area (Å²) in [5.41, 5.74) is 3.90. The third-order valence-electron chi connectivity index (χ3n) is 5.42. The van der Waals surface area contributed by atoms with Gasteiger partial charge in [0.1, 0.15) is 5.82 Å². The number of carbonyl (C=O) groups is 1. The summed E-state index contributed by atoms with van der Waals surface area (Å²) in [6.45, 7) is 3.02. The monoisotopic (exact) mass is 362 g/mol. The Morgan fingerprint density at radius 3 is 2.63 bits per heavy atom. The van der Waals surface area contributed by atoms with E-state index in [2.05, 4.69) is 27.2 Å². The first-order chi connectivity index (χ1) is 13.2. The highest BCUT2D eigenvalue weighted by Crippen LogP contribution is 2.16. The summed E-state index contributed by atoms with van der Waals surface area (Å²) >= 11 is 0. The topological polar surface area (TPSA) is 61.0 Å². The molecular formula is C22H26N4O. The Kier molecular flexibility index (Phi) is 5.21. The fourth-order valence-electron chi connectivity index (χ4n) is 3.66. The van der Waals surface area contributed by atoms with Crippen LogP contribution in [0.1, 0.15) is 34.6 Å². The number of carbonyl (C=O) groups excluding carboxylic acids is 1. The number of fused-ring (bicyclic) bond motifs is 1. The lowest BCUT2D eigenvalue weighted by molar-refractivity contribution is 0.0939. The average Bonchev–Trinajstić information content (AvgIpc) is 3.10. The number of likely N-dealkylation sites (tertiary alicyclic amines) is 1. The van der Waals surface area contributed by atoms with E-state index < -0.39 is 0 Å². The summed E-state index contributed by atoms with van der Waals surface area (Å²) in [4.78, 5) is 22.7. The van der Waals surface area contributed by atoms with E-state index in [9.17, 15) is 4.79 Å². The van der Waals surface area contributed by atoms with Crippen LogP contribution in [-0.4, -0.2) is 47.5 Å². The number of hydrogen-bond acceptors (Lipinski definition) is 3. The van der Waals surface area contributed by atoms with Crippen LogP contribution in [0, 0.1) is 5.92 Å². The molecule has 0 bridgehead atoms. The summed E-state index contributed by atoms with van der Waals surface area (Å²) in [5, 5.41) is 3.09. The molecule has 0 radical (unpaired) electrons. The largest absolute Gasteiger partial charge is 0.352 e. The van der Waals surface area contributed by atoms with Gasteiger partial charge in [-0.2, -0.15) is 0 Å². The van der Waals surface area contributed by atoms with Crippen LogP contribution >= 0.6 is 0 Å². The maximum Gasteiger partial charge on any atom is 0.251 e. The summed E-state index contributed by atoms with van der Waals surface area (Å²) in [6.07, 6.45) is 3.05. The molecular weight excluding hydrogens is 336 g/mol. The molecule has 27 heavy (non-hydrogen) atoms. The minimum Gasteiger partial charge on any atom is -0.352 e. The molecule has 0 spiro atoms. The zero-order valence-corrected chi connectivity index (χ0v) is 15.7. The third kappa shape index (κ3) is 4.37. The molecule has 3 aromatic rings. The van der Waals surface area contributed by atoms with Crippen molar-refractivity contribution in [3.8, 4) is 0 Å². The van der Waals surface area contributed by atoms with Gasteiger partial charge >= 0.3 is 0 Å². The number of imidazole rings is 1. The van der Waals surface area contributed by atoms with Crippen molar-refractivity contribution >= 4 is 16.9 Å². The van der Waals surface area contributed by atoms with Gasteiger partial charge in [0.05, 0.1) is 11.0 Å². The Morgan fingerprint density at radius 1 is 1.15 bits per heavy atom. The van der Waals surface area contributed by atoms with Crippen LogP contribution in [-0.2, 0) is 6.42 Å². The highest BCUT2D eigenvalue weighted by molar-refractivity contribution is 5.94. The van der Waals surface area contributed by atoms with E-state index in [0.717, 1.165) is 66.9 Å². The quantitative estimate of drug-likeness (QED) is 0.733. The van der Waals surface area contributed by atoms with Gasteiger partial charge in [-0.15, -0.1) is 0 Å². The molecule has 140 valence electrons. The van der Waals surface area contributed by atoms with E-state index in [-0.39, 0.29) is 5.91 Å². The van der Waals surface area contributed by atoms with Gasteiger partial charge < -0.3 is 15.2 Å². The van der Waals surface area contributed by atoms with Crippen molar-refractivity contribution in [1.29, 1.82) is 0 Å². The number of para-hydroxylation sites is 2. The van der Waals surface area contributed by atoms with Gasteiger partial charge in [-0.25, -0.2) is 4.98 Å². The minimum absolute atomic E-state index is 0.0178. The van der Waals surface area contributed by atoms with Gasteiger partial charge in [0.2, 0.25) is 0 Å². The van der Waals surface area contributed by atoms with Gasteiger partial charge in [-0.3, -0.25) is 4.79 Å². The molecule has 1 aliphatic rings. The predicted octanol–water partition coefficient (Wildman–Crippen LogP) is 3.23. The first-order valence-corrected chi connectivity index (χ1v) is 9.67. The third-order valence-corrected chi connectivity index (χ3v) is 5.42. The normalized spacial score (nSPS) is 15.9. The van der Waals surface area contributed by atoms with E-state index in [1.165, 1.54) is 0 Å². The smallest absolute Gasteiger partial charge is 0.251 e. The van der Waals surface area contributed by atoms with Crippen LogP contribution < -0.4 is 5.32 Å². The Labute approximate surface area is 159 Å². The highest BCUT2D eigenvalue weighted by Gasteiger charge is 2.17. The van der Waals surface area contributed by atoms with Gasteiger partial charge in [0.25, 0.3) is 5.91 Å². The maximum absolute atomic E-state index is 12.4. The van der Waals surface area contributed by atoms with Crippen molar-refractivity contribution < 1.29 is 4.79 Å². The Hall–Kier alpha value is -2.66. The molecule has 1 aliphatic heterocycles. The van der Waals surface area contributed by atoms with Crippen LogP contribution in [0.4, 0.5) is 0 Å². The van der Waals surface area contributed by atoms with E-state index in [4.69, 9.17) is 0 Å². The average molecular weight is 362 g/mol. The van der Waals surface area contributed by atoms with E-state index in [0.29, 0.717) is 5.92 Å². The molecule has 1 aromatic heterocycles. The number of aromatic nitrogens is 2. The molecule has 4 rings (SSSR count). The summed E-state index contributed by atoms with van der Waals surface area (Å²) in [7, 11) is 2.15. The molecule has 1 fully saturated rings. The molecule has 0 atom stereocenters. The number of aromatic amines is 1. The van der Waals surface area contributed by atoms with Crippen LogP contribution in [0.25, 0.3) is 11.0 Å². The van der Waals surface area contributed by atoms with Crippen molar-refractivity contribution in [2.75, 3.05) is 26.7 Å². The lowest BCUT2D eigenvalue weighted by atomic mass is 9.97. The second-order valence-corrected chi connectivity index (χ2v) is 7.53. The Morgan fingerprint density at radius 2 is 1.89 bits per heavy atom. The SMILES string of the molecule is CN1CCC(CNC(=O)c2ccc(Cc3nc4ccccc4[nH]3)cc2)CC1. The van der Waals surface area contributed by atoms with Crippen molar-refractivity contribution in [3.05, 3.63) is 65.5 Å². The number of nitrogens with one attached hydrogen (secondary N) is 2. The number of amides is 1. The fraction of sp³-hybridized carbons (Fsp3) is 0.364. The van der Waals surface area contributed by atoms with Crippen LogP contribution in [0.5, 0.6) is 0 Å². The molecule has 1 saturated heterocycles. The summed E-state index contributed by atoms with van der Waals surface area (Å²) in [5.74, 6) is 1.55. The van der Waals surface area contributed by atoms with Crippen molar-refractivity contribution in [3.63, 3.8) is 0 Å². The van der Waals surface area contributed by atoms with Crippen LogP contribution in [0.3, 0.4) is 0 Å². The molecule has 0 unspecified atom stereocenters. The molecule has 5 nitrogen and oxygen atoms in total. The van der Waals surface area contributed by atoms with Gasteiger partial charge in [-0.1, -0.05) is 24.3 Å². The highest BCUT2D eigenvalue weighted by atomic mass is 16.1. The number of hydrogen-bond donors (Lipinski definition) is 2. The van der Waals surface area contributed by atoms with E-state index in [1.54, 1.807) is 0 Å². The van der Waals surface area contributed by atoms with Crippen molar-refractivity contribution in [2.45, 2.75) is 19.3 Å². The molecule has 2 N–H and O–H groups in total. The summed E-state index contributed by atoms with van der Waals surface area (Å²) in [6, 6.07) is 15.9. The van der Waals surface area contributed by atoms with Gasteiger partial charge in [0, 0.05) is 18.5 Å². The molecule has 2 aromatic carbocycles. The summed E-state index contributed by atoms with van der Waals surface area (Å²) < 4.78 is 0. The Bertz CT molecular complexity index is 874. The molecule has 2 heterocycles. The number of piperidine rings is 1.